The Balaban J connectivity index is 1.46. The van der Waals surface area contributed by atoms with Crippen LogP contribution in [0, 0.1) is 17.7 Å². The number of para-hydroxylation sites is 1. The summed E-state index contributed by atoms with van der Waals surface area (Å²) in [5.41, 5.74) is 2.76. The van der Waals surface area contributed by atoms with E-state index in [2.05, 4.69) is 11.1 Å². The van der Waals surface area contributed by atoms with Gasteiger partial charge in [-0.2, -0.15) is 6.20 Å². The molecule has 0 bridgehead atoms. The Bertz CT molecular complexity index is 988. The third-order valence-electron chi connectivity index (χ3n) is 5.80. The van der Waals surface area contributed by atoms with Gasteiger partial charge < -0.3 is 4.98 Å². The molecule has 4 heteroatoms. The zero-order chi connectivity index (χ0) is 21.5. The molecule has 158 valence electrons. The quantitative estimate of drug-likeness (QED) is 0.283. The largest absolute Gasteiger partial charge is 0.663 e. The summed E-state index contributed by atoms with van der Waals surface area (Å²) in [5.74, 6) is -0.0729. The Morgan fingerprint density at radius 1 is 0.967 bits per heavy atom. The first-order valence-corrected chi connectivity index (χ1v) is 10.8. The van der Waals surface area contributed by atoms with Crippen molar-refractivity contribution >= 4 is 22.5 Å². The number of aromatic nitrogens is 1. The highest BCUT2D eigenvalue weighted by atomic mass is 19.1. The van der Waals surface area contributed by atoms with Crippen LogP contribution in [0.3, 0.4) is 0 Å². The highest BCUT2D eigenvalue weighted by Gasteiger charge is 2.22. The second kappa shape index (κ2) is 10.3. The number of unbranched alkanes of at least 4 members (excludes halogenated alkanes) is 1. The maximum Gasteiger partial charge on any atom is 0.162 e. The third-order valence-corrected chi connectivity index (χ3v) is 5.80. The third kappa shape index (κ3) is 5.65. The van der Waals surface area contributed by atoms with Crippen molar-refractivity contribution < 1.29 is 14.0 Å². The number of carbonyl (C=O) groups excluding carboxylic acids is 2. The zero-order valence-electron chi connectivity index (χ0n) is 17.7. The van der Waals surface area contributed by atoms with Crippen molar-refractivity contribution in [2.45, 2.75) is 52.4 Å². The summed E-state index contributed by atoms with van der Waals surface area (Å²) < 4.78 is 13.0. The highest BCUT2D eigenvalue weighted by molar-refractivity contribution is 5.96. The molecule has 0 radical (unpaired) electrons. The molecule has 2 aromatic carbocycles. The summed E-state index contributed by atoms with van der Waals surface area (Å²) in [4.78, 5) is 29.6. The summed E-state index contributed by atoms with van der Waals surface area (Å²) in [6, 6.07) is 13.7. The molecule has 1 heterocycles. The van der Waals surface area contributed by atoms with Crippen LogP contribution < -0.4 is 4.98 Å². The first-order valence-electron chi connectivity index (χ1n) is 10.8. The fraction of sp³-hybridized carbons (Fsp3) is 0.385. The predicted octanol–water partition coefficient (Wildman–Crippen LogP) is 6.15. The number of benzene rings is 2. The van der Waals surface area contributed by atoms with E-state index in [1.54, 1.807) is 0 Å². The molecule has 0 aliphatic heterocycles. The first kappa shape index (κ1) is 21.9. The van der Waals surface area contributed by atoms with Crippen LogP contribution in [-0.4, -0.2) is 11.6 Å². The van der Waals surface area contributed by atoms with E-state index in [1.807, 2.05) is 38.2 Å². The molecule has 0 aliphatic carbocycles. The van der Waals surface area contributed by atoms with E-state index < -0.39 is 0 Å². The van der Waals surface area contributed by atoms with Crippen LogP contribution in [0.4, 0.5) is 4.39 Å². The molecule has 3 nitrogen and oxygen atoms in total. The summed E-state index contributed by atoms with van der Waals surface area (Å²) in [5, 5.41) is 1.20. The van der Waals surface area contributed by atoms with E-state index in [4.69, 9.17) is 0 Å². The van der Waals surface area contributed by atoms with Gasteiger partial charge in [0.25, 0.3) is 0 Å². The van der Waals surface area contributed by atoms with Crippen LogP contribution in [0.25, 0.3) is 10.9 Å². The number of nitrogens with zero attached hydrogens (tertiary/aromatic N) is 1. The summed E-state index contributed by atoms with van der Waals surface area (Å²) >= 11 is 0. The van der Waals surface area contributed by atoms with Crippen LogP contribution >= 0.6 is 0 Å². The number of aryl methyl sites for hydroxylation is 1. The molecule has 3 aromatic rings. The van der Waals surface area contributed by atoms with Gasteiger partial charge in [-0.05, 0) is 61.3 Å². The lowest BCUT2D eigenvalue weighted by Crippen LogP contribution is -2.21. The number of carbonyl (C=O) groups is 2. The van der Waals surface area contributed by atoms with Gasteiger partial charge in [0.1, 0.15) is 11.6 Å². The molecular weight excluding hydrogens is 377 g/mol. The van der Waals surface area contributed by atoms with Gasteiger partial charge in [0.05, 0.1) is 0 Å². The van der Waals surface area contributed by atoms with Crippen molar-refractivity contribution in [1.82, 2.24) is 4.98 Å². The zero-order valence-corrected chi connectivity index (χ0v) is 17.7. The predicted molar refractivity (Wildman–Crippen MR) is 118 cm³/mol. The average molecular weight is 407 g/mol. The number of Topliss-reactive ketones (excluding diaryl/α,β-unsaturated/α-hetero) is 2. The van der Waals surface area contributed by atoms with Gasteiger partial charge >= 0.3 is 0 Å². The van der Waals surface area contributed by atoms with Crippen molar-refractivity contribution in [2.24, 2.45) is 11.8 Å². The van der Waals surface area contributed by atoms with Gasteiger partial charge in [-0.3, -0.25) is 9.59 Å². The van der Waals surface area contributed by atoms with Gasteiger partial charge in [-0.25, -0.2) is 4.39 Å². The molecule has 1 atom stereocenters. The standard InChI is InChI=1S/C26H29FNO2/c1-18(2)22(15-16-25(29)19-11-13-21(27)14-12-19)26(30)10-6-3-7-20-17-28-24-9-5-4-8-23(20)24/h4-5,8-9,11-14,17-18,22H,3,6-7,10,15-16H2,1-2H3/q-1/t22-/m0/s1. The minimum atomic E-state index is -0.354. The average Bonchev–Trinajstić information content (AvgIpc) is 3.14. The van der Waals surface area contributed by atoms with E-state index in [0.717, 1.165) is 24.8 Å². The number of ketones is 2. The van der Waals surface area contributed by atoms with Crippen molar-refractivity contribution in [3.63, 3.8) is 0 Å². The maximum absolute atomic E-state index is 13.0. The second-order valence-electron chi connectivity index (χ2n) is 8.29. The molecule has 30 heavy (non-hydrogen) atoms. The molecule has 0 N–H and O–H groups in total. The minimum Gasteiger partial charge on any atom is -0.663 e. The molecule has 0 amide bonds. The maximum atomic E-state index is 13.0. The molecule has 0 unspecified atom stereocenters. The second-order valence-corrected chi connectivity index (χ2v) is 8.29. The van der Waals surface area contributed by atoms with Crippen LogP contribution in [0.15, 0.2) is 54.7 Å². The van der Waals surface area contributed by atoms with Gasteiger partial charge in [0.2, 0.25) is 0 Å². The highest BCUT2D eigenvalue weighted by Crippen LogP contribution is 2.24. The fourth-order valence-corrected chi connectivity index (χ4v) is 4.01. The number of hydrogen-bond donors (Lipinski definition) is 0. The molecule has 1 aromatic heterocycles. The lowest BCUT2D eigenvalue weighted by atomic mass is 9.84. The minimum absolute atomic E-state index is 0.0379. The van der Waals surface area contributed by atoms with Crippen molar-refractivity contribution in [2.75, 3.05) is 0 Å². The number of fused-ring (bicyclic) bond motifs is 1. The van der Waals surface area contributed by atoms with Crippen LogP contribution in [0.1, 0.15) is 61.9 Å². The smallest absolute Gasteiger partial charge is 0.162 e. The Kier molecular flexibility index (Phi) is 7.56. The van der Waals surface area contributed by atoms with Crippen molar-refractivity contribution in [3.8, 4) is 0 Å². The fourth-order valence-electron chi connectivity index (χ4n) is 4.01. The summed E-state index contributed by atoms with van der Waals surface area (Å²) in [6.45, 7) is 4.07. The van der Waals surface area contributed by atoms with Crippen molar-refractivity contribution in [3.05, 3.63) is 71.7 Å². The molecule has 0 saturated carbocycles. The van der Waals surface area contributed by atoms with Gasteiger partial charge in [-0.15, -0.1) is 5.52 Å². The molecule has 0 saturated heterocycles. The van der Waals surface area contributed by atoms with E-state index in [0.29, 0.717) is 24.8 Å². The van der Waals surface area contributed by atoms with Gasteiger partial charge in [0, 0.05) is 24.3 Å². The molecule has 3 rings (SSSR count). The van der Waals surface area contributed by atoms with Crippen LogP contribution in [-0.2, 0) is 11.2 Å². The van der Waals surface area contributed by atoms with Crippen molar-refractivity contribution in [1.29, 1.82) is 0 Å². The SMILES string of the molecule is CC(C)[C@H](CCC(=O)c1ccc(F)cc1)C(=O)CCCCc1c[n-]c2ccccc12. The van der Waals surface area contributed by atoms with Crippen LogP contribution in [0.5, 0.6) is 0 Å². The molecule has 0 aliphatic rings. The normalized spacial score (nSPS) is 12.4. The van der Waals surface area contributed by atoms with E-state index >= 15 is 0 Å². The summed E-state index contributed by atoms with van der Waals surface area (Å²) in [6.07, 6.45) is 6.04. The van der Waals surface area contributed by atoms with E-state index in [1.165, 1.54) is 35.2 Å². The number of rotatable bonds is 11. The Morgan fingerprint density at radius 3 is 2.43 bits per heavy atom. The Morgan fingerprint density at radius 2 is 1.70 bits per heavy atom. The lowest BCUT2D eigenvalue weighted by molar-refractivity contribution is -0.124. The van der Waals surface area contributed by atoms with E-state index in [9.17, 15) is 14.0 Å². The lowest BCUT2D eigenvalue weighted by Gasteiger charge is -2.19. The number of halogens is 1. The number of hydrogen-bond acceptors (Lipinski definition) is 2. The Hall–Kier alpha value is -2.75. The van der Waals surface area contributed by atoms with Crippen LogP contribution in [0.2, 0.25) is 0 Å². The topological polar surface area (TPSA) is 48.2 Å². The molecule has 0 spiro atoms. The molecule has 0 fully saturated rings. The molecular formula is C26H29FNO2-. The first-order chi connectivity index (χ1) is 14.5. The van der Waals surface area contributed by atoms with Gasteiger partial charge in [-0.1, -0.05) is 43.7 Å². The summed E-state index contributed by atoms with van der Waals surface area (Å²) in [7, 11) is 0. The monoisotopic (exact) mass is 406 g/mol. The Labute approximate surface area is 177 Å². The van der Waals surface area contributed by atoms with E-state index in [-0.39, 0.29) is 29.2 Å². The van der Waals surface area contributed by atoms with Gasteiger partial charge in [0.15, 0.2) is 5.78 Å².